The molecule has 9 nitrogen and oxygen atoms in total. The number of rotatable bonds is 11. The lowest BCUT2D eigenvalue weighted by atomic mass is 10.2. The molecule has 0 fully saturated rings. The number of benzene rings is 4. The molecule has 0 spiro atoms. The monoisotopic (exact) mass is 570 g/mol. The van der Waals surface area contributed by atoms with Crippen molar-refractivity contribution in [3.8, 4) is 5.75 Å². The van der Waals surface area contributed by atoms with Crippen LogP contribution in [0.1, 0.15) is 16.7 Å². The van der Waals surface area contributed by atoms with Gasteiger partial charge in [0.05, 0.1) is 16.8 Å². The molecule has 4 aromatic carbocycles. The minimum absolute atomic E-state index is 0.0840. The van der Waals surface area contributed by atoms with Gasteiger partial charge in [0.2, 0.25) is 0 Å². The highest BCUT2D eigenvalue weighted by atomic mass is 32.2. The summed E-state index contributed by atoms with van der Waals surface area (Å²) in [5.41, 5.74) is 5.89. The molecule has 0 radical (unpaired) electrons. The summed E-state index contributed by atoms with van der Waals surface area (Å²) in [6.07, 6.45) is 1.43. The van der Waals surface area contributed by atoms with Crippen LogP contribution in [0, 0.1) is 13.8 Å². The molecule has 0 aliphatic heterocycles. The van der Waals surface area contributed by atoms with E-state index in [-0.39, 0.29) is 17.4 Å². The van der Waals surface area contributed by atoms with Crippen molar-refractivity contribution in [2.45, 2.75) is 18.7 Å². The molecule has 4 rings (SSSR count). The van der Waals surface area contributed by atoms with E-state index in [4.69, 9.17) is 4.74 Å². The minimum Gasteiger partial charge on any atom is -0.484 e. The lowest BCUT2D eigenvalue weighted by molar-refractivity contribution is -0.119. The number of hydrazone groups is 1. The van der Waals surface area contributed by atoms with Gasteiger partial charge >= 0.3 is 0 Å². The Morgan fingerprint density at radius 1 is 0.829 bits per heavy atom. The van der Waals surface area contributed by atoms with E-state index in [1.54, 1.807) is 66.7 Å². The Labute approximate surface area is 239 Å². The van der Waals surface area contributed by atoms with E-state index in [1.807, 2.05) is 38.1 Å². The molecular formula is C31H30N4O5S. The van der Waals surface area contributed by atoms with Crippen LogP contribution >= 0.6 is 0 Å². The van der Waals surface area contributed by atoms with Crippen molar-refractivity contribution >= 4 is 39.4 Å². The molecule has 0 unspecified atom stereocenters. The molecule has 0 heterocycles. The first-order valence-electron chi connectivity index (χ1n) is 12.8. The van der Waals surface area contributed by atoms with Gasteiger partial charge in [-0.1, -0.05) is 48.0 Å². The first-order valence-corrected chi connectivity index (χ1v) is 14.2. The Hall–Kier alpha value is -4.96. The molecule has 0 aromatic heterocycles. The third kappa shape index (κ3) is 8.26. The maximum absolute atomic E-state index is 13.5. The molecule has 0 atom stereocenters. The highest BCUT2D eigenvalue weighted by Gasteiger charge is 2.27. The fourth-order valence-corrected chi connectivity index (χ4v) is 5.21. The first kappa shape index (κ1) is 29.0. The van der Waals surface area contributed by atoms with E-state index in [2.05, 4.69) is 15.8 Å². The van der Waals surface area contributed by atoms with Crippen LogP contribution in [0.4, 0.5) is 11.4 Å². The van der Waals surface area contributed by atoms with E-state index >= 15 is 0 Å². The average Bonchev–Trinajstić information content (AvgIpc) is 2.96. The van der Waals surface area contributed by atoms with E-state index < -0.39 is 22.5 Å². The predicted octanol–water partition coefficient (Wildman–Crippen LogP) is 4.67. The number of hydrogen-bond donors (Lipinski definition) is 2. The number of nitrogens with zero attached hydrogens (tertiary/aromatic N) is 2. The van der Waals surface area contributed by atoms with E-state index in [9.17, 15) is 18.0 Å². The van der Waals surface area contributed by atoms with Crippen LogP contribution in [-0.2, 0) is 19.6 Å². The summed E-state index contributed by atoms with van der Waals surface area (Å²) < 4.78 is 33.5. The SMILES string of the molecule is Cc1ccc(S(=O)(=O)N(CC(=O)N/N=C\c2ccc(OCC(=O)Nc3ccccc3)cc2)c2cccc(C)c2)cc1. The fraction of sp³-hybridized carbons (Fsp3) is 0.129. The summed E-state index contributed by atoms with van der Waals surface area (Å²) in [6, 6.07) is 29.2. The van der Waals surface area contributed by atoms with Crippen molar-refractivity contribution < 1.29 is 22.7 Å². The zero-order valence-electron chi connectivity index (χ0n) is 22.7. The van der Waals surface area contributed by atoms with Gasteiger partial charge in [0, 0.05) is 5.69 Å². The number of para-hydroxylation sites is 1. The second-order valence-corrected chi connectivity index (χ2v) is 11.1. The Morgan fingerprint density at radius 3 is 2.22 bits per heavy atom. The Kier molecular flexibility index (Phi) is 9.49. The van der Waals surface area contributed by atoms with Gasteiger partial charge in [-0.2, -0.15) is 5.10 Å². The van der Waals surface area contributed by atoms with Crippen molar-refractivity contribution in [2.75, 3.05) is 22.8 Å². The molecule has 41 heavy (non-hydrogen) atoms. The van der Waals surface area contributed by atoms with Gasteiger partial charge in [0.15, 0.2) is 6.61 Å². The number of aryl methyl sites for hydroxylation is 2. The molecule has 4 aromatic rings. The number of ether oxygens (including phenoxy) is 1. The maximum Gasteiger partial charge on any atom is 0.264 e. The lowest BCUT2D eigenvalue weighted by Crippen LogP contribution is -2.39. The van der Waals surface area contributed by atoms with Crippen molar-refractivity contribution in [3.63, 3.8) is 0 Å². The van der Waals surface area contributed by atoms with Crippen molar-refractivity contribution in [2.24, 2.45) is 5.10 Å². The summed E-state index contributed by atoms with van der Waals surface area (Å²) in [5.74, 6) is -0.402. The number of carbonyl (C=O) groups excluding carboxylic acids is 2. The quantitative estimate of drug-likeness (QED) is 0.201. The summed E-state index contributed by atoms with van der Waals surface area (Å²) in [5, 5.41) is 6.71. The molecule has 2 amide bonds. The highest BCUT2D eigenvalue weighted by molar-refractivity contribution is 7.92. The first-order chi connectivity index (χ1) is 19.7. The van der Waals surface area contributed by atoms with Gasteiger partial charge in [-0.15, -0.1) is 0 Å². The van der Waals surface area contributed by atoms with Crippen LogP contribution in [0.3, 0.4) is 0 Å². The smallest absolute Gasteiger partial charge is 0.264 e. The third-order valence-corrected chi connectivity index (χ3v) is 7.68. The van der Waals surface area contributed by atoms with Crippen molar-refractivity contribution in [3.05, 3.63) is 120 Å². The van der Waals surface area contributed by atoms with E-state index in [0.29, 0.717) is 22.7 Å². The third-order valence-electron chi connectivity index (χ3n) is 5.90. The van der Waals surface area contributed by atoms with Gasteiger partial charge in [-0.3, -0.25) is 13.9 Å². The summed E-state index contributed by atoms with van der Waals surface area (Å²) in [7, 11) is -4.02. The molecule has 0 bridgehead atoms. The van der Waals surface area contributed by atoms with Gasteiger partial charge in [-0.25, -0.2) is 13.8 Å². The van der Waals surface area contributed by atoms with Crippen LogP contribution in [0.15, 0.2) is 113 Å². The molecule has 2 N–H and O–H groups in total. The summed E-state index contributed by atoms with van der Waals surface area (Å²) in [4.78, 5) is 24.9. The minimum atomic E-state index is -4.02. The topological polar surface area (TPSA) is 117 Å². The van der Waals surface area contributed by atoms with E-state index in [0.717, 1.165) is 15.4 Å². The maximum atomic E-state index is 13.5. The number of nitrogens with one attached hydrogen (secondary N) is 2. The normalized spacial score (nSPS) is 11.2. The Morgan fingerprint density at radius 2 is 1.54 bits per heavy atom. The second-order valence-electron chi connectivity index (χ2n) is 9.23. The number of anilines is 2. The van der Waals surface area contributed by atoms with Gasteiger partial charge in [-0.05, 0) is 85.6 Å². The zero-order valence-corrected chi connectivity index (χ0v) is 23.5. The summed E-state index contributed by atoms with van der Waals surface area (Å²) >= 11 is 0. The average molecular weight is 571 g/mol. The van der Waals surface area contributed by atoms with Gasteiger partial charge in [0.25, 0.3) is 21.8 Å². The molecule has 0 aliphatic carbocycles. The fourth-order valence-electron chi connectivity index (χ4n) is 3.80. The number of hydrogen-bond acceptors (Lipinski definition) is 6. The number of sulfonamides is 1. The van der Waals surface area contributed by atoms with Crippen LogP contribution < -0.4 is 19.8 Å². The van der Waals surface area contributed by atoms with Crippen LogP contribution in [0.25, 0.3) is 0 Å². The largest absolute Gasteiger partial charge is 0.484 e. The molecule has 210 valence electrons. The van der Waals surface area contributed by atoms with Crippen molar-refractivity contribution in [1.82, 2.24) is 5.43 Å². The molecule has 0 aliphatic rings. The molecule has 0 saturated carbocycles. The Balaban J connectivity index is 1.36. The van der Waals surface area contributed by atoms with E-state index in [1.165, 1.54) is 18.3 Å². The lowest BCUT2D eigenvalue weighted by Gasteiger charge is -2.24. The van der Waals surface area contributed by atoms with Crippen LogP contribution in [0.5, 0.6) is 5.75 Å². The number of carbonyl (C=O) groups is 2. The van der Waals surface area contributed by atoms with Gasteiger partial charge < -0.3 is 10.1 Å². The summed E-state index contributed by atoms with van der Waals surface area (Å²) in [6.45, 7) is 3.10. The molecule has 0 saturated heterocycles. The van der Waals surface area contributed by atoms with Crippen LogP contribution in [-0.4, -0.2) is 39.6 Å². The van der Waals surface area contributed by atoms with Gasteiger partial charge in [0.1, 0.15) is 12.3 Å². The highest BCUT2D eigenvalue weighted by Crippen LogP contribution is 2.24. The van der Waals surface area contributed by atoms with Crippen molar-refractivity contribution in [1.29, 1.82) is 0 Å². The predicted molar refractivity (Wildman–Crippen MR) is 160 cm³/mol. The standard InChI is InChI=1S/C31H30N4O5S/c1-23-11-17-29(18-12-23)41(38,39)35(27-10-6-7-24(2)19-27)21-30(36)34-32-20-25-13-15-28(16-14-25)40-22-31(37)33-26-8-4-3-5-9-26/h3-20H,21-22H2,1-2H3,(H,33,37)(H,34,36)/b32-20-. The Bertz CT molecular complexity index is 1620. The molecular weight excluding hydrogens is 540 g/mol. The number of amides is 2. The zero-order chi connectivity index (χ0) is 29.2. The molecule has 10 heteroatoms. The second kappa shape index (κ2) is 13.4. The van der Waals surface area contributed by atoms with Crippen LogP contribution in [0.2, 0.25) is 0 Å².